The lowest BCUT2D eigenvalue weighted by Gasteiger charge is -2.02. The zero-order valence-electron chi connectivity index (χ0n) is 14.3. The highest BCUT2D eigenvalue weighted by molar-refractivity contribution is 9.10. The van der Waals surface area contributed by atoms with Gasteiger partial charge in [0.1, 0.15) is 11.4 Å². The van der Waals surface area contributed by atoms with Crippen LogP contribution in [0.3, 0.4) is 0 Å². The van der Waals surface area contributed by atoms with Gasteiger partial charge in [0.15, 0.2) is 0 Å². The summed E-state index contributed by atoms with van der Waals surface area (Å²) >= 11 is 3.39. The summed E-state index contributed by atoms with van der Waals surface area (Å²) in [6.07, 6.45) is 0. The number of nitrogens with zero attached hydrogens (tertiary/aromatic N) is 2. The molecule has 26 heavy (non-hydrogen) atoms. The number of benzene rings is 2. The van der Waals surface area contributed by atoms with E-state index in [1.54, 1.807) is 13.2 Å². The second-order valence-corrected chi connectivity index (χ2v) is 6.46. The molecule has 132 valence electrons. The van der Waals surface area contributed by atoms with Gasteiger partial charge in [-0.2, -0.15) is 10.2 Å². The van der Waals surface area contributed by atoms with E-state index in [0.717, 1.165) is 21.3 Å². The van der Waals surface area contributed by atoms with E-state index < -0.39 is 0 Å². The highest BCUT2D eigenvalue weighted by Gasteiger charge is 2.11. The number of hydrogen-bond donors (Lipinski definition) is 2. The molecule has 0 unspecified atom stereocenters. The second kappa shape index (κ2) is 7.97. The van der Waals surface area contributed by atoms with Crippen LogP contribution < -0.4 is 10.2 Å². The fourth-order valence-corrected chi connectivity index (χ4v) is 2.56. The van der Waals surface area contributed by atoms with Gasteiger partial charge in [0.05, 0.1) is 18.5 Å². The Labute approximate surface area is 159 Å². The van der Waals surface area contributed by atoms with E-state index in [2.05, 4.69) is 36.7 Å². The van der Waals surface area contributed by atoms with Crippen molar-refractivity contribution in [1.29, 1.82) is 0 Å². The fourth-order valence-electron chi connectivity index (χ4n) is 2.30. The minimum atomic E-state index is -0.353. The van der Waals surface area contributed by atoms with Gasteiger partial charge in [0.2, 0.25) is 0 Å². The van der Waals surface area contributed by atoms with Gasteiger partial charge in [-0.05, 0) is 55.0 Å². The van der Waals surface area contributed by atoms with Crippen LogP contribution in [0.2, 0.25) is 0 Å². The zero-order valence-corrected chi connectivity index (χ0v) is 15.9. The lowest BCUT2D eigenvalue weighted by atomic mass is 10.1. The molecule has 0 spiro atoms. The highest BCUT2D eigenvalue weighted by atomic mass is 79.9. The van der Waals surface area contributed by atoms with Gasteiger partial charge in [-0.25, -0.2) is 5.43 Å². The summed E-state index contributed by atoms with van der Waals surface area (Å²) in [4.78, 5) is 12.3. The molecule has 1 heterocycles. The summed E-state index contributed by atoms with van der Waals surface area (Å²) in [5.41, 5.74) is 6.07. The Hall–Kier alpha value is -2.93. The number of hydrazone groups is 1. The second-order valence-electron chi connectivity index (χ2n) is 5.54. The Balaban J connectivity index is 1.69. The van der Waals surface area contributed by atoms with Crippen LogP contribution in [0.1, 0.15) is 23.0 Å². The molecule has 3 aromatic rings. The number of nitrogens with one attached hydrogen (secondary N) is 2. The molecule has 0 bridgehead atoms. The highest BCUT2D eigenvalue weighted by Crippen LogP contribution is 2.21. The zero-order chi connectivity index (χ0) is 18.5. The number of aromatic nitrogens is 2. The fraction of sp³-hybridized carbons (Fsp3) is 0.105. The lowest BCUT2D eigenvalue weighted by molar-refractivity contribution is 0.0950. The predicted octanol–water partition coefficient (Wildman–Crippen LogP) is 4.00. The molecule has 1 amide bonds. The van der Waals surface area contributed by atoms with Gasteiger partial charge in [-0.1, -0.05) is 28.1 Å². The van der Waals surface area contributed by atoms with Crippen LogP contribution in [0.15, 0.2) is 64.2 Å². The smallest absolute Gasteiger partial charge is 0.289 e. The maximum absolute atomic E-state index is 12.3. The molecule has 0 aliphatic heterocycles. The normalized spacial score (nSPS) is 11.3. The molecule has 7 heteroatoms. The number of halogens is 1. The molecule has 6 nitrogen and oxygen atoms in total. The van der Waals surface area contributed by atoms with Crippen LogP contribution >= 0.6 is 15.9 Å². The Morgan fingerprint density at radius 3 is 2.50 bits per heavy atom. The molecule has 1 aromatic heterocycles. The summed E-state index contributed by atoms with van der Waals surface area (Å²) in [5.74, 6) is 0.411. The summed E-state index contributed by atoms with van der Waals surface area (Å²) in [6, 6.07) is 16.8. The third kappa shape index (κ3) is 4.18. The molecule has 0 saturated heterocycles. The first-order valence-electron chi connectivity index (χ1n) is 7.87. The van der Waals surface area contributed by atoms with Gasteiger partial charge in [-0.15, -0.1) is 0 Å². The third-order valence-electron chi connectivity index (χ3n) is 3.80. The average Bonchev–Trinajstić information content (AvgIpc) is 3.17. The van der Waals surface area contributed by atoms with Crippen molar-refractivity contribution in [3.05, 3.63) is 70.3 Å². The lowest BCUT2D eigenvalue weighted by Crippen LogP contribution is -2.19. The maximum Gasteiger partial charge on any atom is 0.289 e. The van der Waals surface area contributed by atoms with Crippen molar-refractivity contribution >= 4 is 27.5 Å². The van der Waals surface area contributed by atoms with Gasteiger partial charge in [-0.3, -0.25) is 9.89 Å². The van der Waals surface area contributed by atoms with E-state index >= 15 is 0 Å². The van der Waals surface area contributed by atoms with Crippen molar-refractivity contribution < 1.29 is 9.53 Å². The number of H-pyrrole nitrogens is 1. The minimum absolute atomic E-state index is 0.336. The minimum Gasteiger partial charge on any atom is -0.497 e. The molecular formula is C19H17BrN4O2. The summed E-state index contributed by atoms with van der Waals surface area (Å²) in [5, 5.41) is 11.1. The average molecular weight is 413 g/mol. The number of carbonyl (C=O) groups excluding carboxylic acids is 1. The number of aromatic amines is 1. The Kier molecular flexibility index (Phi) is 5.48. The van der Waals surface area contributed by atoms with Gasteiger partial charge >= 0.3 is 0 Å². The van der Waals surface area contributed by atoms with Crippen molar-refractivity contribution in [2.24, 2.45) is 5.10 Å². The van der Waals surface area contributed by atoms with Crippen molar-refractivity contribution in [1.82, 2.24) is 15.6 Å². The van der Waals surface area contributed by atoms with Gasteiger partial charge < -0.3 is 4.74 Å². The molecule has 0 aliphatic rings. The number of amides is 1. The summed E-state index contributed by atoms with van der Waals surface area (Å²) in [6.45, 7) is 1.83. The summed E-state index contributed by atoms with van der Waals surface area (Å²) < 4.78 is 6.12. The Morgan fingerprint density at radius 1 is 1.15 bits per heavy atom. The van der Waals surface area contributed by atoms with E-state index in [-0.39, 0.29) is 5.91 Å². The van der Waals surface area contributed by atoms with Crippen molar-refractivity contribution in [3.63, 3.8) is 0 Å². The van der Waals surface area contributed by atoms with Crippen LogP contribution in [0.4, 0.5) is 0 Å². The summed E-state index contributed by atoms with van der Waals surface area (Å²) in [7, 11) is 1.61. The van der Waals surface area contributed by atoms with Crippen LogP contribution in [-0.4, -0.2) is 28.9 Å². The van der Waals surface area contributed by atoms with Crippen LogP contribution in [0, 0.1) is 0 Å². The van der Waals surface area contributed by atoms with E-state index in [9.17, 15) is 4.79 Å². The molecule has 0 saturated carbocycles. The topological polar surface area (TPSA) is 79.4 Å². The van der Waals surface area contributed by atoms with Crippen LogP contribution in [0.5, 0.6) is 5.75 Å². The van der Waals surface area contributed by atoms with Gasteiger partial charge in [0.25, 0.3) is 5.91 Å². The van der Waals surface area contributed by atoms with E-state index in [4.69, 9.17) is 4.74 Å². The van der Waals surface area contributed by atoms with Gasteiger partial charge in [0, 0.05) is 10.0 Å². The molecule has 2 aromatic carbocycles. The van der Waals surface area contributed by atoms with E-state index in [1.165, 1.54) is 0 Å². The number of hydrogen-bond acceptors (Lipinski definition) is 4. The first-order chi connectivity index (χ1) is 12.6. The molecule has 0 radical (unpaired) electrons. The monoisotopic (exact) mass is 412 g/mol. The van der Waals surface area contributed by atoms with Crippen LogP contribution in [-0.2, 0) is 0 Å². The predicted molar refractivity (Wildman–Crippen MR) is 104 cm³/mol. The number of carbonyl (C=O) groups is 1. The molecule has 0 atom stereocenters. The van der Waals surface area contributed by atoms with E-state index in [0.29, 0.717) is 17.1 Å². The van der Waals surface area contributed by atoms with Crippen molar-refractivity contribution in [2.75, 3.05) is 7.11 Å². The quantitative estimate of drug-likeness (QED) is 0.490. The van der Waals surface area contributed by atoms with Crippen LogP contribution in [0.25, 0.3) is 11.3 Å². The first-order valence-corrected chi connectivity index (χ1v) is 8.66. The number of rotatable bonds is 5. The molecule has 3 rings (SSSR count). The number of methoxy groups -OCH3 is 1. The molecule has 2 N–H and O–H groups in total. The van der Waals surface area contributed by atoms with Crippen molar-refractivity contribution in [2.45, 2.75) is 6.92 Å². The SMILES string of the molecule is COc1ccc(-c2cc(C(=O)NN=C(C)c3ccc(Br)cc3)[nH]n2)cc1. The Bertz CT molecular complexity index is 931. The molecule has 0 fully saturated rings. The molecular weight excluding hydrogens is 396 g/mol. The first kappa shape index (κ1) is 17.9. The third-order valence-corrected chi connectivity index (χ3v) is 4.32. The molecule has 0 aliphatic carbocycles. The standard InChI is InChI=1S/C19H17BrN4O2/c1-12(13-3-7-15(20)8-4-13)21-24-19(25)18-11-17(22-23-18)14-5-9-16(26-2)10-6-14/h3-11H,1-2H3,(H,22,23)(H,24,25). The van der Waals surface area contributed by atoms with Crippen molar-refractivity contribution in [3.8, 4) is 17.0 Å². The number of ether oxygens (including phenoxy) is 1. The maximum atomic E-state index is 12.3. The largest absolute Gasteiger partial charge is 0.497 e. The van der Waals surface area contributed by atoms with E-state index in [1.807, 2.05) is 55.5 Å². The Morgan fingerprint density at radius 2 is 1.85 bits per heavy atom.